The first-order valence-electron chi connectivity index (χ1n) is 16.4. The molecule has 0 saturated heterocycles. The SMILES string of the molecule is CC(C)CC(NC(=O)C(CC(=O)O)NC(=O)C(CC(N)=O)NC(=O)C(NC(=O)C(NC(=O)C(N)Cc1ccc(O)cc1)C(C)C)C(C)C)C(=O)O. The van der Waals surface area contributed by atoms with Gasteiger partial charge in [0.2, 0.25) is 35.4 Å². The number of hydrogen-bond donors (Lipinski definition) is 10. The molecule has 18 heteroatoms. The van der Waals surface area contributed by atoms with Crippen molar-refractivity contribution < 1.29 is 53.7 Å². The van der Waals surface area contributed by atoms with Crippen molar-refractivity contribution >= 4 is 47.4 Å². The highest BCUT2D eigenvalue weighted by atomic mass is 16.4. The van der Waals surface area contributed by atoms with Crippen molar-refractivity contribution in [1.82, 2.24) is 26.6 Å². The monoisotopic (exact) mass is 721 g/mol. The molecule has 6 unspecified atom stereocenters. The van der Waals surface area contributed by atoms with Gasteiger partial charge < -0.3 is 53.4 Å². The van der Waals surface area contributed by atoms with Crippen LogP contribution in [0.15, 0.2) is 24.3 Å². The molecule has 0 aliphatic carbocycles. The molecular formula is C33H51N7O11. The predicted octanol–water partition coefficient (Wildman–Crippen LogP) is -1.52. The average molecular weight is 722 g/mol. The van der Waals surface area contributed by atoms with Gasteiger partial charge in [-0.15, -0.1) is 0 Å². The molecule has 0 aliphatic rings. The maximum atomic E-state index is 13.5. The zero-order valence-corrected chi connectivity index (χ0v) is 29.6. The van der Waals surface area contributed by atoms with Gasteiger partial charge in [-0.1, -0.05) is 53.7 Å². The molecule has 0 bridgehead atoms. The first kappa shape index (κ1) is 43.8. The third-order valence-corrected chi connectivity index (χ3v) is 7.59. The largest absolute Gasteiger partial charge is 0.508 e. The van der Waals surface area contributed by atoms with Crippen molar-refractivity contribution in [3.63, 3.8) is 0 Å². The molecule has 18 nitrogen and oxygen atoms in total. The van der Waals surface area contributed by atoms with Gasteiger partial charge in [0.05, 0.1) is 18.9 Å². The lowest BCUT2D eigenvalue weighted by molar-refractivity contribution is -0.144. The summed E-state index contributed by atoms with van der Waals surface area (Å²) in [6.45, 7) is 9.87. The molecule has 0 fully saturated rings. The normalized spacial score (nSPS) is 14.7. The molecule has 0 radical (unpaired) electrons. The Kier molecular flexibility index (Phi) is 17.5. The molecule has 0 saturated carbocycles. The summed E-state index contributed by atoms with van der Waals surface area (Å²) in [5.74, 6) is -9.81. The number of amides is 6. The highest BCUT2D eigenvalue weighted by molar-refractivity contribution is 5.98. The number of hydrogen-bond acceptors (Lipinski definition) is 10. The standard InChI is InChI=1S/C33H51N7O11/c1-15(2)11-23(33(50)51)38-30(47)22(14-25(43)44)36-29(46)21(13-24(35)42)37-31(48)26(16(3)4)40-32(49)27(17(5)6)39-28(45)20(34)12-18-7-9-19(41)10-8-18/h7-10,15-17,20-23,26-27,41H,11-14,34H2,1-6H3,(H2,35,42)(H,36,46)(H,37,48)(H,38,47)(H,39,45)(H,40,49)(H,43,44)(H,50,51). The lowest BCUT2D eigenvalue weighted by Gasteiger charge is -2.29. The Labute approximate surface area is 295 Å². The minimum Gasteiger partial charge on any atom is -0.508 e. The number of carbonyl (C=O) groups is 8. The van der Waals surface area contributed by atoms with Crippen LogP contribution in [0.3, 0.4) is 0 Å². The number of carboxylic acid groups (broad SMARTS) is 2. The number of primary amides is 1. The van der Waals surface area contributed by atoms with E-state index in [9.17, 15) is 53.7 Å². The van der Waals surface area contributed by atoms with Gasteiger partial charge in [0.15, 0.2) is 0 Å². The number of rotatable bonds is 21. The van der Waals surface area contributed by atoms with Crippen LogP contribution in [0.25, 0.3) is 0 Å². The van der Waals surface area contributed by atoms with E-state index in [2.05, 4.69) is 26.6 Å². The molecule has 1 aromatic carbocycles. The Morgan fingerprint density at radius 2 is 1.06 bits per heavy atom. The molecule has 0 spiro atoms. The number of nitrogens with one attached hydrogen (secondary N) is 5. The van der Waals surface area contributed by atoms with Crippen LogP contribution in [0.4, 0.5) is 0 Å². The Morgan fingerprint density at radius 1 is 0.627 bits per heavy atom. The molecule has 51 heavy (non-hydrogen) atoms. The van der Waals surface area contributed by atoms with Crippen LogP contribution in [0, 0.1) is 17.8 Å². The lowest BCUT2D eigenvalue weighted by Crippen LogP contribution is -2.61. The summed E-state index contributed by atoms with van der Waals surface area (Å²) in [5, 5.41) is 40.1. The Morgan fingerprint density at radius 3 is 1.49 bits per heavy atom. The van der Waals surface area contributed by atoms with Crippen molar-refractivity contribution in [1.29, 1.82) is 0 Å². The molecule has 6 amide bonds. The van der Waals surface area contributed by atoms with Crippen molar-refractivity contribution in [2.24, 2.45) is 29.2 Å². The van der Waals surface area contributed by atoms with Gasteiger partial charge in [-0.05, 0) is 48.3 Å². The second kappa shape index (κ2) is 20.4. The third-order valence-electron chi connectivity index (χ3n) is 7.59. The molecule has 0 heterocycles. The maximum Gasteiger partial charge on any atom is 0.326 e. The van der Waals surface area contributed by atoms with E-state index < -0.39 is 108 Å². The fraction of sp³-hybridized carbons (Fsp3) is 0.576. The zero-order valence-electron chi connectivity index (χ0n) is 29.6. The Bertz CT molecular complexity index is 1420. The van der Waals surface area contributed by atoms with E-state index in [0.717, 1.165) is 0 Å². The molecule has 1 aromatic rings. The average Bonchev–Trinajstić information content (AvgIpc) is 3.00. The molecule has 0 aromatic heterocycles. The summed E-state index contributed by atoms with van der Waals surface area (Å²) in [6.07, 6.45) is -1.64. The zero-order chi connectivity index (χ0) is 39.2. The van der Waals surface area contributed by atoms with Crippen LogP contribution >= 0.6 is 0 Å². The number of carboxylic acids is 2. The quantitative estimate of drug-likeness (QED) is 0.0692. The summed E-state index contributed by atoms with van der Waals surface area (Å²) in [6, 6.07) is -2.39. The van der Waals surface area contributed by atoms with Crippen molar-refractivity contribution in [2.75, 3.05) is 0 Å². The Balaban J connectivity index is 3.14. The highest BCUT2D eigenvalue weighted by Crippen LogP contribution is 2.13. The number of aromatic hydroxyl groups is 1. The predicted molar refractivity (Wildman–Crippen MR) is 182 cm³/mol. The highest BCUT2D eigenvalue weighted by Gasteiger charge is 2.35. The molecule has 284 valence electrons. The smallest absolute Gasteiger partial charge is 0.326 e. The minimum atomic E-state index is -1.80. The van der Waals surface area contributed by atoms with Gasteiger partial charge in [0.25, 0.3) is 0 Å². The van der Waals surface area contributed by atoms with E-state index in [-0.39, 0.29) is 24.5 Å². The molecule has 1 rings (SSSR count). The van der Waals surface area contributed by atoms with Gasteiger partial charge >= 0.3 is 11.9 Å². The molecular weight excluding hydrogens is 670 g/mol. The summed E-state index contributed by atoms with van der Waals surface area (Å²) >= 11 is 0. The van der Waals surface area contributed by atoms with Crippen molar-refractivity contribution in [2.45, 2.75) is 103 Å². The molecule has 6 atom stereocenters. The van der Waals surface area contributed by atoms with E-state index in [1.807, 2.05) is 0 Å². The Hall–Kier alpha value is -5.26. The van der Waals surface area contributed by atoms with E-state index >= 15 is 0 Å². The number of phenols is 1. The van der Waals surface area contributed by atoms with E-state index in [1.54, 1.807) is 53.7 Å². The van der Waals surface area contributed by atoms with Crippen molar-refractivity contribution in [3.05, 3.63) is 29.8 Å². The number of benzene rings is 1. The second-order valence-electron chi connectivity index (χ2n) is 13.4. The van der Waals surface area contributed by atoms with Gasteiger partial charge in [-0.3, -0.25) is 33.6 Å². The lowest BCUT2D eigenvalue weighted by atomic mass is 9.98. The van der Waals surface area contributed by atoms with Crippen LogP contribution in [0.1, 0.15) is 66.4 Å². The first-order chi connectivity index (χ1) is 23.6. The van der Waals surface area contributed by atoms with Gasteiger partial charge in [0.1, 0.15) is 36.0 Å². The number of nitrogens with two attached hydrogens (primary N) is 2. The van der Waals surface area contributed by atoms with Crippen LogP contribution in [-0.2, 0) is 44.8 Å². The van der Waals surface area contributed by atoms with Crippen LogP contribution in [-0.4, -0.2) is 99.0 Å². The summed E-state index contributed by atoms with van der Waals surface area (Å²) in [7, 11) is 0. The maximum absolute atomic E-state index is 13.5. The van der Waals surface area contributed by atoms with Crippen LogP contribution in [0.5, 0.6) is 5.75 Å². The third kappa shape index (κ3) is 15.4. The molecule has 12 N–H and O–H groups in total. The summed E-state index contributed by atoms with van der Waals surface area (Å²) in [4.78, 5) is 101. The number of aliphatic carboxylic acids is 2. The topological polar surface area (TPSA) is 309 Å². The minimum absolute atomic E-state index is 0.00539. The van der Waals surface area contributed by atoms with Crippen LogP contribution in [0.2, 0.25) is 0 Å². The second-order valence-corrected chi connectivity index (χ2v) is 13.4. The van der Waals surface area contributed by atoms with Gasteiger partial charge in [-0.25, -0.2) is 4.79 Å². The summed E-state index contributed by atoms with van der Waals surface area (Å²) in [5.41, 5.74) is 12.0. The number of phenolic OH excluding ortho intramolecular Hbond substituents is 1. The molecule has 0 aliphatic heterocycles. The van der Waals surface area contributed by atoms with E-state index in [1.165, 1.54) is 12.1 Å². The fourth-order valence-corrected chi connectivity index (χ4v) is 4.85. The van der Waals surface area contributed by atoms with Crippen molar-refractivity contribution in [3.8, 4) is 5.75 Å². The first-order valence-corrected chi connectivity index (χ1v) is 16.4. The van der Waals surface area contributed by atoms with E-state index in [4.69, 9.17) is 11.5 Å². The van der Waals surface area contributed by atoms with Gasteiger partial charge in [0, 0.05) is 0 Å². The van der Waals surface area contributed by atoms with Gasteiger partial charge in [-0.2, -0.15) is 0 Å². The van der Waals surface area contributed by atoms with Crippen LogP contribution < -0.4 is 38.1 Å². The summed E-state index contributed by atoms with van der Waals surface area (Å²) < 4.78 is 0. The van der Waals surface area contributed by atoms with E-state index in [0.29, 0.717) is 5.56 Å². The fourth-order valence-electron chi connectivity index (χ4n) is 4.85. The number of carbonyl (C=O) groups excluding carboxylic acids is 6.